The van der Waals surface area contributed by atoms with E-state index in [1.807, 2.05) is 41.9 Å². The maximum absolute atomic E-state index is 12.9. The summed E-state index contributed by atoms with van der Waals surface area (Å²) in [6.45, 7) is 6.53. The van der Waals surface area contributed by atoms with E-state index in [1.54, 1.807) is 19.2 Å². The van der Waals surface area contributed by atoms with Gasteiger partial charge in [-0.2, -0.15) is 5.10 Å². The van der Waals surface area contributed by atoms with Gasteiger partial charge in [0.05, 0.1) is 30.2 Å². The first kappa shape index (κ1) is 19.2. The number of nitrogens with zero attached hydrogens (tertiary/aromatic N) is 2. The molecule has 1 heterocycles. The van der Waals surface area contributed by atoms with Crippen molar-refractivity contribution in [2.75, 3.05) is 7.11 Å². The van der Waals surface area contributed by atoms with Crippen molar-refractivity contribution in [2.45, 2.75) is 39.7 Å². The van der Waals surface area contributed by atoms with Gasteiger partial charge in [-0.1, -0.05) is 32.0 Å². The number of hydrogen-bond donors (Lipinski definition) is 1. The molecule has 0 spiro atoms. The molecule has 1 atom stereocenters. The summed E-state index contributed by atoms with van der Waals surface area (Å²) >= 11 is 0. The molecule has 0 saturated carbocycles. The highest BCUT2D eigenvalue weighted by atomic mass is 16.5. The number of aryl methyl sites for hydroxylation is 1. The molecule has 1 aromatic heterocycles. The molecule has 0 fully saturated rings. The highest BCUT2D eigenvalue weighted by Gasteiger charge is 2.37. The van der Waals surface area contributed by atoms with E-state index in [0.29, 0.717) is 5.56 Å². The van der Waals surface area contributed by atoms with Gasteiger partial charge in [-0.15, -0.1) is 0 Å². The van der Waals surface area contributed by atoms with E-state index in [-0.39, 0.29) is 17.4 Å². The molecule has 3 aromatic rings. The minimum atomic E-state index is -0.0758. The zero-order valence-corrected chi connectivity index (χ0v) is 17.4. The van der Waals surface area contributed by atoms with Crippen molar-refractivity contribution in [3.05, 3.63) is 77.1 Å². The lowest BCUT2D eigenvalue weighted by Gasteiger charge is -2.36. The summed E-state index contributed by atoms with van der Waals surface area (Å²) in [6.07, 6.45) is 1.80. The lowest BCUT2D eigenvalue weighted by Crippen LogP contribution is -2.37. The Morgan fingerprint density at radius 1 is 1.14 bits per heavy atom. The number of benzene rings is 2. The highest BCUT2D eigenvalue weighted by molar-refractivity contribution is 5.94. The lowest BCUT2D eigenvalue weighted by molar-refractivity contribution is 0.0919. The van der Waals surface area contributed by atoms with Gasteiger partial charge in [0, 0.05) is 11.1 Å². The summed E-state index contributed by atoms with van der Waals surface area (Å²) in [5, 5.41) is 8.09. The molecule has 5 heteroatoms. The third kappa shape index (κ3) is 3.77. The standard InChI is InChI=1S/C24H27N3O2/c1-16-22-20(25-23(28)17-10-12-19(29-4)13-11-17)14-24(2,3)15-21(22)27(26-16)18-8-6-5-7-9-18/h5-13,20H,14-15H2,1-4H3,(H,25,28). The van der Waals surface area contributed by atoms with E-state index >= 15 is 0 Å². The number of carbonyl (C=O) groups excluding carboxylic acids is 1. The van der Waals surface area contributed by atoms with Crippen LogP contribution in [0.15, 0.2) is 54.6 Å². The van der Waals surface area contributed by atoms with Gasteiger partial charge in [0.2, 0.25) is 0 Å². The summed E-state index contributed by atoms with van der Waals surface area (Å²) in [5.41, 5.74) is 5.04. The van der Waals surface area contributed by atoms with Crippen LogP contribution in [-0.2, 0) is 6.42 Å². The van der Waals surface area contributed by atoms with Crippen LogP contribution < -0.4 is 10.1 Å². The Labute approximate surface area is 171 Å². The number of amides is 1. The summed E-state index contributed by atoms with van der Waals surface area (Å²) in [6, 6.07) is 17.3. The van der Waals surface area contributed by atoms with Crippen molar-refractivity contribution in [3.8, 4) is 11.4 Å². The molecule has 0 bridgehead atoms. The van der Waals surface area contributed by atoms with Gasteiger partial charge in [-0.25, -0.2) is 4.68 Å². The number of aromatic nitrogens is 2. The predicted octanol–water partition coefficient (Wildman–Crippen LogP) is 4.63. The van der Waals surface area contributed by atoms with Crippen LogP contribution in [0.2, 0.25) is 0 Å². The minimum Gasteiger partial charge on any atom is -0.497 e. The minimum absolute atomic E-state index is 0.0594. The molecule has 1 amide bonds. The zero-order valence-electron chi connectivity index (χ0n) is 17.4. The number of ether oxygens (including phenoxy) is 1. The number of hydrogen-bond acceptors (Lipinski definition) is 3. The molecule has 4 rings (SSSR count). The van der Waals surface area contributed by atoms with Crippen molar-refractivity contribution in [1.29, 1.82) is 0 Å². The lowest BCUT2D eigenvalue weighted by atomic mass is 9.73. The Kier molecular flexibility index (Phi) is 4.91. The van der Waals surface area contributed by atoms with Crippen LogP contribution in [0.4, 0.5) is 0 Å². The van der Waals surface area contributed by atoms with E-state index in [2.05, 4.69) is 31.3 Å². The second-order valence-electron chi connectivity index (χ2n) is 8.49. The molecular weight excluding hydrogens is 362 g/mol. The Morgan fingerprint density at radius 2 is 1.83 bits per heavy atom. The number of fused-ring (bicyclic) bond motifs is 1. The van der Waals surface area contributed by atoms with Crippen LogP contribution in [-0.4, -0.2) is 22.8 Å². The third-order valence-corrected chi connectivity index (χ3v) is 5.62. The smallest absolute Gasteiger partial charge is 0.251 e. The number of nitrogens with one attached hydrogen (secondary N) is 1. The molecule has 0 saturated heterocycles. The Morgan fingerprint density at radius 3 is 2.48 bits per heavy atom. The molecule has 150 valence electrons. The van der Waals surface area contributed by atoms with Crippen LogP contribution >= 0.6 is 0 Å². The SMILES string of the molecule is COc1ccc(C(=O)NC2CC(C)(C)Cc3c2c(C)nn3-c2ccccc2)cc1. The molecule has 1 aliphatic carbocycles. The molecule has 1 aliphatic rings. The predicted molar refractivity (Wildman–Crippen MR) is 114 cm³/mol. The number of para-hydroxylation sites is 1. The van der Waals surface area contributed by atoms with Gasteiger partial charge in [0.15, 0.2) is 0 Å². The number of methoxy groups -OCH3 is 1. The average molecular weight is 389 g/mol. The topological polar surface area (TPSA) is 56.1 Å². The van der Waals surface area contributed by atoms with Gasteiger partial charge < -0.3 is 10.1 Å². The van der Waals surface area contributed by atoms with Gasteiger partial charge in [0.1, 0.15) is 5.75 Å². The van der Waals surface area contributed by atoms with Crippen molar-refractivity contribution >= 4 is 5.91 Å². The maximum Gasteiger partial charge on any atom is 0.251 e. The summed E-state index contributed by atoms with van der Waals surface area (Å²) in [7, 11) is 1.62. The van der Waals surface area contributed by atoms with Crippen LogP contribution in [0.5, 0.6) is 5.75 Å². The number of rotatable bonds is 4. The molecule has 5 nitrogen and oxygen atoms in total. The molecule has 2 aromatic carbocycles. The molecule has 29 heavy (non-hydrogen) atoms. The average Bonchev–Trinajstić information content (AvgIpc) is 3.03. The fraction of sp³-hybridized carbons (Fsp3) is 0.333. The van der Waals surface area contributed by atoms with E-state index in [9.17, 15) is 4.79 Å². The summed E-state index contributed by atoms with van der Waals surface area (Å²) in [5.74, 6) is 0.663. The van der Waals surface area contributed by atoms with Gasteiger partial charge >= 0.3 is 0 Å². The highest BCUT2D eigenvalue weighted by Crippen LogP contribution is 2.42. The Hall–Kier alpha value is -3.08. The monoisotopic (exact) mass is 389 g/mol. The fourth-order valence-corrected chi connectivity index (χ4v) is 4.28. The molecule has 1 unspecified atom stereocenters. The van der Waals surface area contributed by atoms with Crippen LogP contribution in [0.3, 0.4) is 0 Å². The van der Waals surface area contributed by atoms with Crippen LogP contribution in [0.25, 0.3) is 5.69 Å². The van der Waals surface area contributed by atoms with Crippen molar-refractivity contribution in [3.63, 3.8) is 0 Å². The first-order valence-electron chi connectivity index (χ1n) is 9.97. The van der Waals surface area contributed by atoms with Crippen molar-refractivity contribution in [1.82, 2.24) is 15.1 Å². The van der Waals surface area contributed by atoms with Crippen LogP contribution in [0.1, 0.15) is 53.6 Å². The van der Waals surface area contributed by atoms with Gasteiger partial charge in [-0.3, -0.25) is 4.79 Å². The third-order valence-electron chi connectivity index (χ3n) is 5.62. The summed E-state index contributed by atoms with van der Waals surface area (Å²) in [4.78, 5) is 12.9. The van der Waals surface area contributed by atoms with Gasteiger partial charge in [0.25, 0.3) is 5.91 Å². The zero-order chi connectivity index (χ0) is 20.6. The largest absolute Gasteiger partial charge is 0.497 e. The second-order valence-corrected chi connectivity index (χ2v) is 8.49. The first-order chi connectivity index (χ1) is 13.9. The molecular formula is C24H27N3O2. The Bertz CT molecular complexity index is 1020. The first-order valence-corrected chi connectivity index (χ1v) is 9.97. The fourth-order valence-electron chi connectivity index (χ4n) is 4.28. The van der Waals surface area contributed by atoms with Gasteiger partial charge in [-0.05, 0) is 61.6 Å². The van der Waals surface area contributed by atoms with E-state index in [1.165, 1.54) is 5.69 Å². The summed E-state index contributed by atoms with van der Waals surface area (Å²) < 4.78 is 7.23. The van der Waals surface area contributed by atoms with E-state index < -0.39 is 0 Å². The van der Waals surface area contributed by atoms with E-state index in [0.717, 1.165) is 35.5 Å². The molecule has 0 aliphatic heterocycles. The quantitative estimate of drug-likeness (QED) is 0.708. The second kappa shape index (κ2) is 7.39. The van der Waals surface area contributed by atoms with E-state index in [4.69, 9.17) is 9.84 Å². The van der Waals surface area contributed by atoms with Crippen molar-refractivity contribution in [2.24, 2.45) is 5.41 Å². The molecule has 0 radical (unpaired) electrons. The Balaban J connectivity index is 1.69. The van der Waals surface area contributed by atoms with Crippen molar-refractivity contribution < 1.29 is 9.53 Å². The maximum atomic E-state index is 12.9. The number of carbonyl (C=O) groups is 1. The van der Waals surface area contributed by atoms with Crippen LogP contribution in [0, 0.1) is 12.3 Å². The molecule has 1 N–H and O–H groups in total. The normalized spacial score (nSPS) is 17.4.